The van der Waals surface area contributed by atoms with E-state index in [2.05, 4.69) is 0 Å². The van der Waals surface area contributed by atoms with Crippen LogP contribution in [0.3, 0.4) is 0 Å². The van der Waals surface area contributed by atoms with E-state index >= 15 is 0 Å². The maximum atomic E-state index is 12.2. The number of hydrogen-bond acceptors (Lipinski definition) is 5. The SMILES string of the molecule is CC(=O)SCC(C)C(=O)N1CC(O)CCC1C=O. The summed E-state index contributed by atoms with van der Waals surface area (Å²) in [4.78, 5) is 35.4. The monoisotopic (exact) mass is 273 g/mol. The maximum absolute atomic E-state index is 12.2. The van der Waals surface area contributed by atoms with Crippen molar-refractivity contribution in [3.8, 4) is 0 Å². The number of hydrogen-bond donors (Lipinski definition) is 1. The Morgan fingerprint density at radius 3 is 2.72 bits per heavy atom. The number of amides is 1. The molecule has 1 saturated heterocycles. The minimum absolute atomic E-state index is 0.0275. The summed E-state index contributed by atoms with van der Waals surface area (Å²) in [5.41, 5.74) is 0. The molecule has 18 heavy (non-hydrogen) atoms. The Morgan fingerprint density at radius 2 is 2.17 bits per heavy atom. The maximum Gasteiger partial charge on any atom is 0.226 e. The summed E-state index contributed by atoms with van der Waals surface area (Å²) in [6.07, 6.45) is 1.25. The molecule has 1 aliphatic rings. The van der Waals surface area contributed by atoms with E-state index in [0.29, 0.717) is 18.6 Å². The number of β-amino-alcohol motifs (C(OH)–C–C–N with tert-alkyl or cyclic N) is 1. The Kier molecular flexibility index (Phi) is 5.81. The molecule has 6 heteroatoms. The van der Waals surface area contributed by atoms with Crippen molar-refractivity contribution in [3.05, 3.63) is 0 Å². The average molecular weight is 273 g/mol. The van der Waals surface area contributed by atoms with E-state index < -0.39 is 12.1 Å². The van der Waals surface area contributed by atoms with Crippen LogP contribution in [0.4, 0.5) is 0 Å². The Morgan fingerprint density at radius 1 is 1.50 bits per heavy atom. The lowest BCUT2D eigenvalue weighted by Crippen LogP contribution is -2.51. The largest absolute Gasteiger partial charge is 0.391 e. The summed E-state index contributed by atoms with van der Waals surface area (Å²) in [5, 5.41) is 9.55. The average Bonchev–Trinajstić information content (AvgIpc) is 2.34. The number of carbonyl (C=O) groups is 3. The molecule has 1 amide bonds. The molecular weight excluding hydrogens is 254 g/mol. The molecule has 0 aromatic carbocycles. The summed E-state index contributed by atoms with van der Waals surface area (Å²) in [5.74, 6) is -0.0851. The summed E-state index contributed by atoms with van der Waals surface area (Å²) in [6.45, 7) is 3.40. The third-order valence-electron chi connectivity index (χ3n) is 3.00. The smallest absolute Gasteiger partial charge is 0.226 e. The van der Waals surface area contributed by atoms with Gasteiger partial charge in [-0.15, -0.1) is 0 Å². The number of thioether (sulfide) groups is 1. The van der Waals surface area contributed by atoms with Gasteiger partial charge in [0.1, 0.15) is 6.29 Å². The fourth-order valence-electron chi connectivity index (χ4n) is 1.96. The van der Waals surface area contributed by atoms with E-state index in [4.69, 9.17) is 0 Å². The van der Waals surface area contributed by atoms with Gasteiger partial charge in [0.25, 0.3) is 0 Å². The number of piperidine rings is 1. The molecule has 0 saturated carbocycles. The molecule has 0 aliphatic carbocycles. The van der Waals surface area contributed by atoms with Crippen LogP contribution in [-0.4, -0.2) is 51.8 Å². The van der Waals surface area contributed by atoms with Gasteiger partial charge in [0.2, 0.25) is 5.91 Å². The zero-order valence-corrected chi connectivity index (χ0v) is 11.5. The van der Waals surface area contributed by atoms with E-state index in [9.17, 15) is 19.5 Å². The first-order valence-electron chi connectivity index (χ1n) is 6.03. The molecule has 0 aromatic rings. The van der Waals surface area contributed by atoms with Crippen LogP contribution in [0.1, 0.15) is 26.7 Å². The minimum atomic E-state index is -0.558. The fourth-order valence-corrected chi connectivity index (χ4v) is 2.59. The Balaban J connectivity index is 2.61. The van der Waals surface area contributed by atoms with Gasteiger partial charge in [-0.05, 0) is 12.8 Å². The molecule has 1 N–H and O–H groups in total. The van der Waals surface area contributed by atoms with Gasteiger partial charge >= 0.3 is 0 Å². The molecule has 0 radical (unpaired) electrons. The van der Waals surface area contributed by atoms with Gasteiger partial charge in [-0.1, -0.05) is 18.7 Å². The van der Waals surface area contributed by atoms with E-state index in [1.807, 2.05) is 0 Å². The molecular formula is C12H19NO4S. The number of aliphatic hydroxyl groups excluding tert-OH is 1. The van der Waals surface area contributed by atoms with Crippen LogP contribution in [0, 0.1) is 5.92 Å². The highest BCUT2D eigenvalue weighted by Crippen LogP contribution is 2.20. The Bertz CT molecular complexity index is 334. The molecule has 1 aliphatic heterocycles. The van der Waals surface area contributed by atoms with E-state index in [1.54, 1.807) is 6.92 Å². The summed E-state index contributed by atoms with van der Waals surface area (Å²) in [6, 6.07) is -0.439. The molecule has 0 spiro atoms. The molecule has 1 rings (SSSR count). The van der Waals surface area contributed by atoms with Crippen molar-refractivity contribution < 1.29 is 19.5 Å². The summed E-state index contributed by atoms with van der Waals surface area (Å²) in [7, 11) is 0. The number of rotatable bonds is 4. The van der Waals surface area contributed by atoms with E-state index in [1.165, 1.54) is 11.8 Å². The van der Waals surface area contributed by atoms with Crippen molar-refractivity contribution in [2.24, 2.45) is 5.92 Å². The first-order chi connectivity index (χ1) is 8.45. The lowest BCUT2D eigenvalue weighted by Gasteiger charge is -2.36. The van der Waals surface area contributed by atoms with E-state index in [-0.39, 0.29) is 23.5 Å². The van der Waals surface area contributed by atoms with Gasteiger partial charge in [-0.25, -0.2) is 0 Å². The highest BCUT2D eigenvalue weighted by Gasteiger charge is 2.32. The van der Waals surface area contributed by atoms with Crippen LogP contribution in [-0.2, 0) is 14.4 Å². The van der Waals surface area contributed by atoms with Crippen molar-refractivity contribution in [2.75, 3.05) is 12.3 Å². The zero-order chi connectivity index (χ0) is 13.7. The van der Waals surface area contributed by atoms with Crippen LogP contribution < -0.4 is 0 Å². The minimum Gasteiger partial charge on any atom is -0.391 e. The standard InChI is InChI=1S/C12H19NO4S/c1-8(7-18-9(2)15)12(17)13-5-11(16)4-3-10(13)6-14/h6,8,10-11,16H,3-5,7H2,1-2H3. The van der Waals surface area contributed by atoms with Gasteiger partial charge in [-0.2, -0.15) is 0 Å². The van der Waals surface area contributed by atoms with Crippen molar-refractivity contribution in [2.45, 2.75) is 38.8 Å². The lowest BCUT2D eigenvalue weighted by molar-refractivity contribution is -0.143. The van der Waals surface area contributed by atoms with Crippen LogP contribution in [0.5, 0.6) is 0 Å². The number of carbonyl (C=O) groups excluding carboxylic acids is 3. The Hall–Kier alpha value is -0.880. The molecule has 1 heterocycles. The van der Waals surface area contributed by atoms with Crippen molar-refractivity contribution in [1.82, 2.24) is 4.90 Å². The first-order valence-corrected chi connectivity index (χ1v) is 7.01. The van der Waals surface area contributed by atoms with Gasteiger partial charge in [0, 0.05) is 25.1 Å². The van der Waals surface area contributed by atoms with Gasteiger partial charge in [0.15, 0.2) is 5.12 Å². The van der Waals surface area contributed by atoms with Crippen molar-refractivity contribution >= 4 is 29.1 Å². The number of aldehydes is 1. The molecule has 3 unspecified atom stereocenters. The highest BCUT2D eigenvalue weighted by molar-refractivity contribution is 8.13. The molecule has 0 aromatic heterocycles. The molecule has 1 fully saturated rings. The summed E-state index contributed by atoms with van der Waals surface area (Å²) < 4.78 is 0. The topological polar surface area (TPSA) is 74.7 Å². The molecule has 102 valence electrons. The van der Waals surface area contributed by atoms with E-state index in [0.717, 1.165) is 18.0 Å². The highest BCUT2D eigenvalue weighted by atomic mass is 32.2. The summed E-state index contributed by atoms with van der Waals surface area (Å²) >= 11 is 1.10. The quantitative estimate of drug-likeness (QED) is 0.753. The molecule has 5 nitrogen and oxygen atoms in total. The van der Waals surface area contributed by atoms with Crippen LogP contribution in [0.2, 0.25) is 0 Å². The normalized spacial score (nSPS) is 25.6. The number of aliphatic hydroxyl groups is 1. The van der Waals surface area contributed by atoms with Crippen LogP contribution in [0.25, 0.3) is 0 Å². The fraction of sp³-hybridized carbons (Fsp3) is 0.750. The molecule has 0 bridgehead atoms. The number of nitrogens with zero attached hydrogens (tertiary/aromatic N) is 1. The lowest BCUT2D eigenvalue weighted by atomic mass is 9.99. The second-order valence-electron chi connectivity index (χ2n) is 4.63. The second kappa shape index (κ2) is 6.89. The van der Waals surface area contributed by atoms with Gasteiger partial charge in [0.05, 0.1) is 12.1 Å². The van der Waals surface area contributed by atoms with Crippen molar-refractivity contribution in [1.29, 1.82) is 0 Å². The predicted molar refractivity (Wildman–Crippen MR) is 69.1 cm³/mol. The van der Waals surface area contributed by atoms with Crippen molar-refractivity contribution in [3.63, 3.8) is 0 Å². The van der Waals surface area contributed by atoms with Gasteiger partial charge in [-0.3, -0.25) is 9.59 Å². The third kappa shape index (κ3) is 4.10. The van der Waals surface area contributed by atoms with Gasteiger partial charge < -0.3 is 14.8 Å². The number of likely N-dealkylation sites (tertiary alicyclic amines) is 1. The second-order valence-corrected chi connectivity index (χ2v) is 5.83. The predicted octanol–water partition coefficient (Wildman–Crippen LogP) is 0.453. The zero-order valence-electron chi connectivity index (χ0n) is 10.7. The Labute approximate surface area is 111 Å². The van der Waals surface area contributed by atoms with Crippen LogP contribution >= 0.6 is 11.8 Å². The first kappa shape index (κ1) is 15.2. The van der Waals surface area contributed by atoms with Crippen LogP contribution in [0.15, 0.2) is 0 Å². The third-order valence-corrected chi connectivity index (χ3v) is 4.07. The molecule has 3 atom stereocenters.